The van der Waals surface area contributed by atoms with Crippen molar-refractivity contribution in [1.29, 1.82) is 0 Å². The molecule has 2 atom stereocenters. The largest absolute Gasteiger partial charge is 0.477 e. The Morgan fingerprint density at radius 2 is 2.19 bits per heavy atom. The number of fused-ring (bicyclic) bond motifs is 1. The summed E-state index contributed by atoms with van der Waals surface area (Å²) in [6, 6.07) is -0.968. The van der Waals surface area contributed by atoms with E-state index in [2.05, 4.69) is 15.5 Å². The number of hydrogen-bond acceptors (Lipinski definition) is 11. The molecule has 2 amide bonds. The molecule has 0 saturated carbocycles. The van der Waals surface area contributed by atoms with Crippen LogP contribution >= 0.6 is 23.1 Å². The number of rotatable bonds is 8. The van der Waals surface area contributed by atoms with Gasteiger partial charge in [-0.15, -0.1) is 23.1 Å². The SMILES string of the molecule is CCO/N=C(\C(=O)NC1C(=O)N2C(C(=O)O)=C(COC(C)=O)CS[C@H]12)c1csc(N)n1. The van der Waals surface area contributed by atoms with E-state index in [0.29, 0.717) is 5.57 Å². The second kappa shape index (κ2) is 9.34. The molecule has 0 aromatic carbocycles. The quantitative estimate of drug-likeness (QED) is 0.200. The lowest BCUT2D eigenvalue weighted by molar-refractivity contribution is -0.150. The topological polar surface area (TPSA) is 174 Å². The molecule has 1 aromatic heterocycles. The van der Waals surface area contributed by atoms with Crippen LogP contribution in [0.3, 0.4) is 0 Å². The minimum Gasteiger partial charge on any atom is -0.477 e. The molecule has 1 saturated heterocycles. The number of nitrogen functional groups attached to an aromatic ring is 1. The summed E-state index contributed by atoms with van der Waals surface area (Å²) in [5.41, 5.74) is 5.73. The highest BCUT2D eigenvalue weighted by Crippen LogP contribution is 2.40. The molecule has 12 nitrogen and oxygen atoms in total. The van der Waals surface area contributed by atoms with Crippen LogP contribution in [0.2, 0.25) is 0 Å². The Labute approximate surface area is 184 Å². The molecule has 2 aliphatic heterocycles. The van der Waals surface area contributed by atoms with Crippen LogP contribution in [0.1, 0.15) is 19.5 Å². The molecule has 0 bridgehead atoms. The van der Waals surface area contributed by atoms with E-state index in [-0.39, 0.29) is 41.2 Å². The highest BCUT2D eigenvalue weighted by Gasteiger charge is 2.54. The van der Waals surface area contributed by atoms with Crippen LogP contribution in [0, 0.1) is 0 Å². The van der Waals surface area contributed by atoms with E-state index in [0.717, 1.165) is 16.2 Å². The van der Waals surface area contributed by atoms with Crippen molar-refractivity contribution in [2.24, 2.45) is 5.16 Å². The number of ether oxygens (including phenoxy) is 1. The van der Waals surface area contributed by atoms with E-state index in [4.69, 9.17) is 15.3 Å². The molecule has 166 valence electrons. The molecule has 0 radical (unpaired) electrons. The first-order chi connectivity index (χ1) is 14.7. The lowest BCUT2D eigenvalue weighted by Crippen LogP contribution is -2.71. The van der Waals surface area contributed by atoms with E-state index >= 15 is 0 Å². The highest BCUT2D eigenvalue weighted by atomic mass is 32.2. The van der Waals surface area contributed by atoms with Crippen LogP contribution in [0.25, 0.3) is 0 Å². The van der Waals surface area contributed by atoms with Crippen LogP contribution in [0.4, 0.5) is 5.13 Å². The smallest absolute Gasteiger partial charge is 0.352 e. The lowest BCUT2D eigenvalue weighted by atomic mass is 10.0. The predicted molar refractivity (Wildman–Crippen MR) is 111 cm³/mol. The first-order valence-corrected chi connectivity index (χ1v) is 10.9. The third kappa shape index (κ3) is 4.64. The van der Waals surface area contributed by atoms with Gasteiger partial charge in [0, 0.05) is 23.6 Å². The number of esters is 1. The Morgan fingerprint density at radius 1 is 1.45 bits per heavy atom. The zero-order valence-electron chi connectivity index (χ0n) is 16.5. The number of β-lactam (4-membered cyclic amide) rings is 1. The van der Waals surface area contributed by atoms with Crippen molar-refractivity contribution in [2.45, 2.75) is 25.3 Å². The molecule has 1 fully saturated rings. The van der Waals surface area contributed by atoms with Gasteiger partial charge in [0.05, 0.1) is 0 Å². The van der Waals surface area contributed by atoms with Gasteiger partial charge in [-0.3, -0.25) is 19.3 Å². The van der Waals surface area contributed by atoms with Crippen LogP contribution in [0.15, 0.2) is 21.8 Å². The summed E-state index contributed by atoms with van der Waals surface area (Å²) >= 11 is 2.37. The van der Waals surface area contributed by atoms with Crippen LogP contribution in [-0.2, 0) is 28.8 Å². The number of nitrogens with one attached hydrogen (secondary N) is 1. The standard InChI is InChI=1S/C17H19N5O7S2/c1-3-29-21-10(9-6-31-17(18)19-9)13(24)20-11-14(25)22-12(16(26)27)8(4-28-7(2)23)5-30-15(11)22/h6,11,15H,3-5H2,1-2H3,(H2,18,19)(H,20,24)(H,26,27)/b21-10-/t11?,15-/m1/s1. The molecule has 0 aliphatic carbocycles. The Bertz CT molecular complexity index is 989. The van der Waals surface area contributed by atoms with Gasteiger partial charge in [-0.2, -0.15) is 0 Å². The second-order valence-corrected chi connectivity index (χ2v) is 8.32. The Morgan fingerprint density at radius 3 is 2.77 bits per heavy atom. The molecular formula is C17H19N5O7S2. The molecule has 3 heterocycles. The maximum absolute atomic E-state index is 12.8. The molecule has 31 heavy (non-hydrogen) atoms. The van der Waals surface area contributed by atoms with Crippen LogP contribution in [0.5, 0.6) is 0 Å². The van der Waals surface area contributed by atoms with Crippen molar-refractivity contribution < 1.29 is 33.9 Å². The predicted octanol–water partition coefficient (Wildman–Crippen LogP) is -0.232. The van der Waals surface area contributed by atoms with Gasteiger partial charge in [0.1, 0.15) is 36.0 Å². The van der Waals surface area contributed by atoms with E-state index in [1.54, 1.807) is 6.92 Å². The van der Waals surface area contributed by atoms with Gasteiger partial charge in [0.25, 0.3) is 11.8 Å². The summed E-state index contributed by atoms with van der Waals surface area (Å²) in [6.07, 6.45) is 0. The zero-order valence-corrected chi connectivity index (χ0v) is 18.1. The molecule has 2 aliphatic rings. The molecule has 0 spiro atoms. The van der Waals surface area contributed by atoms with Gasteiger partial charge in [-0.1, -0.05) is 5.16 Å². The van der Waals surface area contributed by atoms with Gasteiger partial charge in [0.2, 0.25) is 0 Å². The maximum Gasteiger partial charge on any atom is 0.352 e. The zero-order chi connectivity index (χ0) is 22.7. The molecule has 1 unspecified atom stereocenters. The highest BCUT2D eigenvalue weighted by molar-refractivity contribution is 8.00. The van der Waals surface area contributed by atoms with Gasteiger partial charge >= 0.3 is 11.9 Å². The number of carboxylic acids is 1. The monoisotopic (exact) mass is 469 g/mol. The molecular weight excluding hydrogens is 450 g/mol. The first kappa shape index (κ1) is 22.6. The summed E-state index contributed by atoms with van der Waals surface area (Å²) in [6.45, 7) is 2.88. The molecule has 1 aromatic rings. The van der Waals surface area contributed by atoms with Crippen molar-refractivity contribution in [3.63, 3.8) is 0 Å². The van der Waals surface area contributed by atoms with Crippen LogP contribution in [-0.4, -0.2) is 74.8 Å². The van der Waals surface area contributed by atoms with Crippen molar-refractivity contribution in [2.75, 3.05) is 24.7 Å². The fourth-order valence-corrected chi connectivity index (χ4v) is 4.80. The number of thiazole rings is 1. The summed E-state index contributed by atoms with van der Waals surface area (Å²) < 4.78 is 4.89. The number of nitrogens with two attached hydrogens (primary N) is 1. The molecule has 3 rings (SSSR count). The number of hydrogen-bond donors (Lipinski definition) is 3. The molecule has 4 N–H and O–H groups in total. The first-order valence-electron chi connectivity index (χ1n) is 9.00. The third-order valence-corrected chi connectivity index (χ3v) is 6.26. The van der Waals surface area contributed by atoms with E-state index in [1.807, 2.05) is 0 Å². The number of aliphatic carboxylic acids is 1. The van der Waals surface area contributed by atoms with Crippen molar-refractivity contribution >= 4 is 57.7 Å². The average molecular weight is 470 g/mol. The molecule has 14 heteroatoms. The minimum atomic E-state index is -1.32. The van der Waals surface area contributed by atoms with Crippen molar-refractivity contribution in [1.82, 2.24) is 15.2 Å². The third-order valence-electron chi connectivity index (χ3n) is 4.25. The van der Waals surface area contributed by atoms with E-state index in [9.17, 15) is 24.3 Å². The number of aromatic nitrogens is 1. The fraction of sp³-hybridized carbons (Fsp3) is 0.412. The van der Waals surface area contributed by atoms with Gasteiger partial charge in [0.15, 0.2) is 10.8 Å². The summed E-state index contributed by atoms with van der Waals surface area (Å²) in [5, 5.41) is 17.1. The Kier molecular flexibility index (Phi) is 6.80. The number of nitrogens with zero attached hydrogens (tertiary/aromatic N) is 3. The van der Waals surface area contributed by atoms with Crippen molar-refractivity contribution in [3.8, 4) is 0 Å². The Balaban J connectivity index is 1.78. The fourth-order valence-electron chi connectivity index (χ4n) is 2.92. The van der Waals surface area contributed by atoms with E-state index in [1.165, 1.54) is 24.1 Å². The second-order valence-electron chi connectivity index (χ2n) is 6.33. The Hall–Kier alpha value is -3.13. The van der Waals surface area contributed by atoms with Gasteiger partial charge < -0.3 is 25.7 Å². The number of thioether (sulfide) groups is 1. The minimum absolute atomic E-state index is 0.147. The van der Waals surface area contributed by atoms with Gasteiger partial charge in [-0.25, -0.2) is 9.78 Å². The van der Waals surface area contributed by atoms with Crippen LogP contribution < -0.4 is 11.1 Å². The number of carboxylic acid groups (broad SMARTS) is 1. The number of amides is 2. The summed E-state index contributed by atoms with van der Waals surface area (Å²) in [5.74, 6) is -2.96. The number of oxime groups is 1. The van der Waals surface area contributed by atoms with E-state index < -0.39 is 35.2 Å². The average Bonchev–Trinajstić information content (AvgIpc) is 3.15. The summed E-state index contributed by atoms with van der Waals surface area (Å²) in [7, 11) is 0. The summed E-state index contributed by atoms with van der Waals surface area (Å²) in [4.78, 5) is 58.3. The normalized spacial score (nSPS) is 20.6. The number of carbonyl (C=O) groups is 4. The number of carbonyl (C=O) groups excluding carboxylic acids is 3. The number of anilines is 1. The lowest BCUT2D eigenvalue weighted by Gasteiger charge is -2.49. The maximum atomic E-state index is 12.8. The van der Waals surface area contributed by atoms with Gasteiger partial charge in [-0.05, 0) is 6.92 Å². The van der Waals surface area contributed by atoms with Crippen molar-refractivity contribution in [3.05, 3.63) is 22.3 Å².